The summed E-state index contributed by atoms with van der Waals surface area (Å²) in [6.45, 7) is 0.845. The van der Waals surface area contributed by atoms with Gasteiger partial charge in [0.1, 0.15) is 12.1 Å². The number of halogens is 1. The van der Waals surface area contributed by atoms with Gasteiger partial charge in [0.05, 0.1) is 17.6 Å². The van der Waals surface area contributed by atoms with Crippen molar-refractivity contribution in [1.29, 1.82) is 0 Å². The predicted octanol–water partition coefficient (Wildman–Crippen LogP) is 3.08. The van der Waals surface area contributed by atoms with Gasteiger partial charge in [0, 0.05) is 18.3 Å². The molecule has 0 aliphatic carbocycles. The van der Waals surface area contributed by atoms with E-state index in [1.54, 1.807) is 24.4 Å². The lowest BCUT2D eigenvalue weighted by Crippen LogP contribution is -2.21. The fraction of sp³-hybridized carbons (Fsp3) is 0.0952. The Morgan fingerprint density at radius 3 is 2.82 bits per heavy atom. The van der Waals surface area contributed by atoms with Gasteiger partial charge in [-0.25, -0.2) is 19.8 Å². The maximum atomic E-state index is 14.8. The summed E-state index contributed by atoms with van der Waals surface area (Å²) >= 11 is 0. The number of nitrogens with one attached hydrogen (secondary N) is 2. The molecule has 0 saturated heterocycles. The van der Waals surface area contributed by atoms with E-state index in [-0.39, 0.29) is 17.9 Å². The first kappa shape index (κ1) is 16.6. The molecule has 1 aliphatic rings. The molecule has 6 nitrogen and oxygen atoms in total. The van der Waals surface area contributed by atoms with E-state index in [9.17, 15) is 9.18 Å². The number of rotatable bonds is 3. The molecule has 2 aromatic carbocycles. The van der Waals surface area contributed by atoms with Crippen LogP contribution in [0.5, 0.6) is 0 Å². The number of hydrogen-bond acceptors (Lipinski definition) is 5. The first-order valence-electron chi connectivity index (χ1n) is 8.90. The first-order chi connectivity index (χ1) is 13.7. The highest BCUT2D eigenvalue weighted by Crippen LogP contribution is 2.28. The second-order valence-electron chi connectivity index (χ2n) is 6.71. The molecule has 138 valence electrons. The Bertz CT molecular complexity index is 1270. The molecule has 0 fully saturated rings. The molecule has 0 radical (unpaired) electrons. The Morgan fingerprint density at radius 1 is 1.07 bits per heavy atom. The lowest BCUT2D eigenvalue weighted by atomic mass is 10.0. The number of benzene rings is 2. The van der Waals surface area contributed by atoms with Crippen molar-refractivity contribution in [2.75, 3.05) is 5.43 Å². The zero-order valence-electron chi connectivity index (χ0n) is 14.8. The Balaban J connectivity index is 1.47. The van der Waals surface area contributed by atoms with E-state index in [2.05, 4.69) is 20.8 Å². The van der Waals surface area contributed by atoms with Crippen molar-refractivity contribution >= 4 is 16.7 Å². The molecule has 2 aromatic heterocycles. The second kappa shape index (κ2) is 6.54. The highest BCUT2D eigenvalue weighted by Gasteiger charge is 2.12. The molecule has 0 unspecified atom stereocenters. The van der Waals surface area contributed by atoms with Gasteiger partial charge in [-0.05, 0) is 47.0 Å². The van der Waals surface area contributed by atoms with Gasteiger partial charge in [-0.3, -0.25) is 9.36 Å². The Labute approximate surface area is 159 Å². The van der Waals surface area contributed by atoms with Crippen LogP contribution in [0.15, 0.2) is 65.8 Å². The van der Waals surface area contributed by atoms with Crippen LogP contribution in [-0.4, -0.2) is 14.5 Å². The van der Waals surface area contributed by atoms with Crippen molar-refractivity contribution < 1.29 is 4.39 Å². The molecule has 3 heterocycles. The number of pyridine rings is 1. The summed E-state index contributed by atoms with van der Waals surface area (Å²) in [5.74, 6) is -0.354. The van der Waals surface area contributed by atoms with Crippen LogP contribution in [0.3, 0.4) is 0 Å². The average molecular weight is 373 g/mol. The molecule has 0 bridgehead atoms. The van der Waals surface area contributed by atoms with Crippen molar-refractivity contribution in [1.82, 2.24) is 20.0 Å². The van der Waals surface area contributed by atoms with Gasteiger partial charge in [0.25, 0.3) is 5.56 Å². The number of hydrogen-bond donors (Lipinski definition) is 2. The van der Waals surface area contributed by atoms with E-state index in [0.29, 0.717) is 16.6 Å². The number of fused-ring (bicyclic) bond motifs is 2. The lowest BCUT2D eigenvalue weighted by molar-refractivity contribution is 0.595. The Hall–Kier alpha value is -3.58. The standard InChI is InChI=1S/C21H16FN5O/c22-18-9-14(13-5-6-19-16(8-13)10-25-26-19)3-4-15(18)11-27-12-24-20-17(21(27)28)2-1-7-23-20/h1-9,12,25-26H,10-11H2. The van der Waals surface area contributed by atoms with Crippen molar-refractivity contribution in [3.63, 3.8) is 0 Å². The molecule has 0 spiro atoms. The molecule has 1 aliphatic heterocycles. The van der Waals surface area contributed by atoms with E-state index in [1.807, 2.05) is 24.3 Å². The van der Waals surface area contributed by atoms with Gasteiger partial charge in [-0.2, -0.15) is 0 Å². The summed E-state index contributed by atoms with van der Waals surface area (Å²) in [6, 6.07) is 14.4. The zero-order chi connectivity index (χ0) is 19.1. The van der Waals surface area contributed by atoms with Gasteiger partial charge in [0.2, 0.25) is 0 Å². The first-order valence-corrected chi connectivity index (χ1v) is 8.90. The van der Waals surface area contributed by atoms with E-state index in [1.165, 1.54) is 17.0 Å². The Kier molecular flexibility index (Phi) is 3.87. The summed E-state index contributed by atoms with van der Waals surface area (Å²) in [5.41, 5.74) is 10.7. The molecule has 0 amide bonds. The van der Waals surface area contributed by atoms with Crippen LogP contribution in [0, 0.1) is 5.82 Å². The van der Waals surface area contributed by atoms with Crippen LogP contribution < -0.4 is 16.4 Å². The smallest absolute Gasteiger partial charge is 0.263 e. The minimum atomic E-state index is -0.354. The summed E-state index contributed by atoms with van der Waals surface area (Å²) in [5, 5.41) is 0.419. The third-order valence-corrected chi connectivity index (χ3v) is 4.93. The van der Waals surface area contributed by atoms with Crippen LogP contribution in [0.2, 0.25) is 0 Å². The fourth-order valence-electron chi connectivity index (χ4n) is 3.43. The maximum Gasteiger partial charge on any atom is 0.263 e. The highest BCUT2D eigenvalue weighted by atomic mass is 19.1. The highest BCUT2D eigenvalue weighted by molar-refractivity contribution is 5.72. The van der Waals surface area contributed by atoms with Crippen molar-refractivity contribution in [2.24, 2.45) is 0 Å². The average Bonchev–Trinajstić information content (AvgIpc) is 3.19. The number of aromatic nitrogens is 3. The molecule has 2 N–H and O–H groups in total. The molecule has 7 heteroatoms. The molecule has 0 saturated carbocycles. The van der Waals surface area contributed by atoms with Crippen LogP contribution in [0.25, 0.3) is 22.2 Å². The van der Waals surface area contributed by atoms with E-state index in [4.69, 9.17) is 0 Å². The summed E-state index contributed by atoms with van der Waals surface area (Å²) in [6.07, 6.45) is 2.99. The fourth-order valence-corrected chi connectivity index (χ4v) is 3.43. The summed E-state index contributed by atoms with van der Waals surface area (Å²) in [7, 11) is 0. The maximum absolute atomic E-state index is 14.8. The molecule has 0 atom stereocenters. The Morgan fingerprint density at radius 2 is 1.93 bits per heavy atom. The number of anilines is 1. The van der Waals surface area contributed by atoms with Crippen LogP contribution in [0.4, 0.5) is 10.1 Å². The van der Waals surface area contributed by atoms with E-state index < -0.39 is 0 Å². The van der Waals surface area contributed by atoms with Gasteiger partial charge < -0.3 is 5.43 Å². The zero-order valence-corrected chi connectivity index (χ0v) is 14.8. The topological polar surface area (TPSA) is 71.8 Å². The van der Waals surface area contributed by atoms with Gasteiger partial charge in [-0.1, -0.05) is 18.2 Å². The minimum absolute atomic E-state index is 0.112. The second-order valence-corrected chi connectivity index (χ2v) is 6.71. The van der Waals surface area contributed by atoms with Crippen molar-refractivity contribution in [3.8, 4) is 11.1 Å². The third kappa shape index (κ3) is 2.82. The molecular formula is C21H16FN5O. The normalized spacial score (nSPS) is 12.8. The molecule has 4 aromatic rings. The summed E-state index contributed by atoms with van der Waals surface area (Å²) in [4.78, 5) is 20.8. The molecular weight excluding hydrogens is 357 g/mol. The van der Waals surface area contributed by atoms with Crippen molar-refractivity contribution in [3.05, 3.63) is 88.4 Å². The predicted molar refractivity (Wildman–Crippen MR) is 105 cm³/mol. The van der Waals surface area contributed by atoms with Gasteiger partial charge in [-0.15, -0.1) is 0 Å². The van der Waals surface area contributed by atoms with Gasteiger partial charge in [0.15, 0.2) is 5.65 Å². The van der Waals surface area contributed by atoms with Crippen molar-refractivity contribution in [2.45, 2.75) is 13.1 Å². The quantitative estimate of drug-likeness (QED) is 0.578. The van der Waals surface area contributed by atoms with E-state index >= 15 is 0 Å². The number of nitrogens with zero attached hydrogens (tertiary/aromatic N) is 3. The molecule has 28 heavy (non-hydrogen) atoms. The van der Waals surface area contributed by atoms with E-state index in [0.717, 1.165) is 28.9 Å². The summed E-state index contributed by atoms with van der Waals surface area (Å²) < 4.78 is 16.2. The molecule has 5 rings (SSSR count). The van der Waals surface area contributed by atoms with Crippen LogP contribution >= 0.6 is 0 Å². The van der Waals surface area contributed by atoms with Gasteiger partial charge >= 0.3 is 0 Å². The largest absolute Gasteiger partial charge is 0.321 e. The SMILES string of the molecule is O=c1c2cccnc2ncn1Cc1ccc(-c2ccc3c(c2)CNN3)cc1F. The van der Waals surface area contributed by atoms with Crippen LogP contribution in [0.1, 0.15) is 11.1 Å². The monoisotopic (exact) mass is 373 g/mol. The minimum Gasteiger partial charge on any atom is -0.321 e. The van der Waals surface area contributed by atoms with Crippen LogP contribution in [-0.2, 0) is 13.1 Å². The third-order valence-electron chi connectivity index (χ3n) is 4.93. The number of hydrazine groups is 1. The lowest BCUT2D eigenvalue weighted by Gasteiger charge is -2.10.